The number of ether oxygens (including phenoxy) is 1. The summed E-state index contributed by atoms with van der Waals surface area (Å²) in [6, 6.07) is 12.1. The van der Waals surface area contributed by atoms with Crippen molar-refractivity contribution in [3.05, 3.63) is 53.7 Å². The number of rotatable bonds is 6. The molecule has 1 atom stereocenters. The van der Waals surface area contributed by atoms with Gasteiger partial charge in [0.05, 0.1) is 12.0 Å². The SMILES string of the molecule is CCOCCN1C(=O)C2(CCN(Cc3cccnc3N)C2)c2ccccc21. The molecule has 4 rings (SSSR count). The molecule has 0 aliphatic carbocycles. The van der Waals surface area contributed by atoms with Crippen LogP contribution >= 0.6 is 0 Å². The molecular weight excluding hydrogens is 340 g/mol. The van der Waals surface area contributed by atoms with Crippen molar-refractivity contribution in [2.45, 2.75) is 25.3 Å². The second-order valence-electron chi connectivity index (χ2n) is 7.26. The zero-order valence-electron chi connectivity index (χ0n) is 15.7. The lowest BCUT2D eigenvalue weighted by Gasteiger charge is -2.25. The number of hydrogen-bond acceptors (Lipinski definition) is 5. The molecule has 1 aromatic heterocycles. The van der Waals surface area contributed by atoms with Crippen LogP contribution in [-0.2, 0) is 21.5 Å². The average Bonchev–Trinajstić information content (AvgIpc) is 3.20. The van der Waals surface area contributed by atoms with E-state index in [2.05, 4.69) is 22.0 Å². The second-order valence-corrected chi connectivity index (χ2v) is 7.26. The first kappa shape index (κ1) is 17.9. The van der Waals surface area contributed by atoms with Crippen molar-refractivity contribution in [2.75, 3.05) is 43.5 Å². The zero-order chi connectivity index (χ0) is 18.9. The zero-order valence-corrected chi connectivity index (χ0v) is 15.7. The summed E-state index contributed by atoms with van der Waals surface area (Å²) >= 11 is 0. The van der Waals surface area contributed by atoms with E-state index >= 15 is 0 Å². The van der Waals surface area contributed by atoms with Crippen LogP contribution < -0.4 is 10.6 Å². The van der Waals surface area contributed by atoms with Crippen LogP contribution in [0.3, 0.4) is 0 Å². The third-order valence-electron chi connectivity index (χ3n) is 5.70. The van der Waals surface area contributed by atoms with Crippen molar-refractivity contribution in [3.63, 3.8) is 0 Å². The number of benzene rings is 1. The van der Waals surface area contributed by atoms with Crippen LogP contribution in [0.25, 0.3) is 0 Å². The summed E-state index contributed by atoms with van der Waals surface area (Å²) in [4.78, 5) is 21.9. The van der Waals surface area contributed by atoms with Gasteiger partial charge in [-0.15, -0.1) is 0 Å². The van der Waals surface area contributed by atoms with Crippen molar-refractivity contribution < 1.29 is 9.53 Å². The van der Waals surface area contributed by atoms with E-state index < -0.39 is 5.41 Å². The molecule has 0 bridgehead atoms. The fourth-order valence-corrected chi connectivity index (χ4v) is 4.36. The Morgan fingerprint density at radius 1 is 1.26 bits per heavy atom. The highest BCUT2D eigenvalue weighted by molar-refractivity contribution is 6.08. The smallest absolute Gasteiger partial charge is 0.239 e. The number of hydrogen-bond donors (Lipinski definition) is 1. The Bertz CT molecular complexity index is 840. The summed E-state index contributed by atoms with van der Waals surface area (Å²) < 4.78 is 5.50. The van der Waals surface area contributed by atoms with Gasteiger partial charge in [0.2, 0.25) is 5.91 Å². The number of nitrogens with zero attached hydrogens (tertiary/aromatic N) is 3. The molecular formula is C21H26N4O2. The molecule has 0 radical (unpaired) electrons. The third-order valence-corrected chi connectivity index (χ3v) is 5.70. The Labute approximate surface area is 159 Å². The van der Waals surface area contributed by atoms with E-state index in [0.717, 1.165) is 36.3 Å². The van der Waals surface area contributed by atoms with E-state index in [-0.39, 0.29) is 5.91 Å². The van der Waals surface area contributed by atoms with E-state index in [0.29, 0.717) is 32.1 Å². The standard InChI is InChI=1S/C21H26N4O2/c1-2-27-13-12-25-18-8-4-3-7-17(18)21(20(25)26)9-11-24(15-21)14-16-6-5-10-23-19(16)22/h3-8,10H,2,9,11-15H2,1H3,(H2,22,23). The van der Waals surface area contributed by atoms with Crippen LogP contribution in [0, 0.1) is 0 Å². The summed E-state index contributed by atoms with van der Waals surface area (Å²) in [6.45, 7) is 6.09. The normalized spacial score (nSPS) is 22.0. The number of pyridine rings is 1. The lowest BCUT2D eigenvalue weighted by molar-refractivity contribution is -0.123. The molecule has 1 aromatic carbocycles. The van der Waals surface area contributed by atoms with Crippen molar-refractivity contribution in [3.8, 4) is 0 Å². The summed E-state index contributed by atoms with van der Waals surface area (Å²) in [5.41, 5.74) is 8.75. The number of carbonyl (C=O) groups excluding carboxylic acids is 1. The first-order chi connectivity index (χ1) is 13.2. The van der Waals surface area contributed by atoms with Gasteiger partial charge in [-0.1, -0.05) is 24.3 Å². The first-order valence-corrected chi connectivity index (χ1v) is 9.56. The molecule has 0 saturated carbocycles. The summed E-state index contributed by atoms with van der Waals surface area (Å²) in [5.74, 6) is 0.764. The molecule has 1 amide bonds. The molecule has 1 unspecified atom stereocenters. The van der Waals surface area contributed by atoms with Gasteiger partial charge in [0.25, 0.3) is 0 Å². The Balaban J connectivity index is 1.57. The number of likely N-dealkylation sites (tertiary alicyclic amines) is 1. The molecule has 1 saturated heterocycles. The van der Waals surface area contributed by atoms with Gasteiger partial charge in [-0.05, 0) is 37.6 Å². The van der Waals surface area contributed by atoms with Gasteiger partial charge < -0.3 is 15.4 Å². The molecule has 3 heterocycles. The monoisotopic (exact) mass is 366 g/mol. The van der Waals surface area contributed by atoms with Gasteiger partial charge in [0.15, 0.2) is 0 Å². The van der Waals surface area contributed by atoms with E-state index in [9.17, 15) is 4.79 Å². The first-order valence-electron chi connectivity index (χ1n) is 9.56. The molecule has 1 fully saturated rings. The van der Waals surface area contributed by atoms with Crippen LogP contribution in [-0.4, -0.2) is 48.6 Å². The molecule has 1 spiro atoms. The lowest BCUT2D eigenvalue weighted by atomic mass is 9.81. The highest BCUT2D eigenvalue weighted by atomic mass is 16.5. The highest BCUT2D eigenvalue weighted by Crippen LogP contribution is 2.47. The van der Waals surface area contributed by atoms with Gasteiger partial charge in [0.1, 0.15) is 5.82 Å². The maximum atomic E-state index is 13.5. The minimum Gasteiger partial charge on any atom is -0.383 e. The number of nitrogen functional groups attached to an aromatic ring is 1. The number of anilines is 2. The van der Waals surface area contributed by atoms with Gasteiger partial charge >= 0.3 is 0 Å². The predicted octanol–water partition coefficient (Wildman–Crippen LogP) is 2.19. The second kappa shape index (κ2) is 7.29. The number of fused-ring (bicyclic) bond motifs is 2. The Kier molecular flexibility index (Phi) is 4.85. The number of para-hydroxylation sites is 1. The summed E-state index contributed by atoms with van der Waals surface area (Å²) in [6.07, 6.45) is 2.53. The molecule has 2 aliphatic heterocycles. The topological polar surface area (TPSA) is 71.7 Å². The van der Waals surface area contributed by atoms with Gasteiger partial charge in [-0.25, -0.2) is 4.98 Å². The van der Waals surface area contributed by atoms with Gasteiger partial charge in [-0.2, -0.15) is 0 Å². The molecule has 142 valence electrons. The number of nitrogens with two attached hydrogens (primary N) is 1. The molecule has 2 aromatic rings. The van der Waals surface area contributed by atoms with E-state index in [1.54, 1.807) is 6.20 Å². The number of amides is 1. The fraction of sp³-hybridized carbons (Fsp3) is 0.429. The Hall–Kier alpha value is -2.44. The van der Waals surface area contributed by atoms with Crippen LogP contribution in [0.2, 0.25) is 0 Å². The van der Waals surface area contributed by atoms with Crippen LogP contribution in [0.1, 0.15) is 24.5 Å². The maximum Gasteiger partial charge on any atom is 0.239 e. The average molecular weight is 366 g/mol. The van der Waals surface area contributed by atoms with Crippen LogP contribution in [0.5, 0.6) is 0 Å². The molecule has 2 N–H and O–H groups in total. The van der Waals surface area contributed by atoms with Crippen molar-refractivity contribution in [2.24, 2.45) is 0 Å². The van der Waals surface area contributed by atoms with E-state index in [1.807, 2.05) is 36.1 Å². The predicted molar refractivity (Wildman–Crippen MR) is 106 cm³/mol. The van der Waals surface area contributed by atoms with Gasteiger partial charge in [0, 0.05) is 43.7 Å². The molecule has 6 heteroatoms. The maximum absolute atomic E-state index is 13.5. The molecule has 6 nitrogen and oxygen atoms in total. The summed E-state index contributed by atoms with van der Waals surface area (Å²) in [7, 11) is 0. The minimum absolute atomic E-state index is 0.199. The quantitative estimate of drug-likeness (QED) is 0.794. The van der Waals surface area contributed by atoms with Crippen LogP contribution in [0.15, 0.2) is 42.6 Å². The number of carbonyl (C=O) groups is 1. The lowest BCUT2D eigenvalue weighted by Crippen LogP contribution is -2.43. The Morgan fingerprint density at radius 2 is 2.11 bits per heavy atom. The molecule has 27 heavy (non-hydrogen) atoms. The van der Waals surface area contributed by atoms with Crippen molar-refractivity contribution in [1.29, 1.82) is 0 Å². The van der Waals surface area contributed by atoms with E-state index in [4.69, 9.17) is 10.5 Å². The van der Waals surface area contributed by atoms with Crippen LogP contribution in [0.4, 0.5) is 11.5 Å². The van der Waals surface area contributed by atoms with Crippen molar-refractivity contribution >= 4 is 17.4 Å². The third kappa shape index (κ3) is 3.09. The van der Waals surface area contributed by atoms with Gasteiger partial charge in [-0.3, -0.25) is 9.69 Å². The number of aromatic nitrogens is 1. The summed E-state index contributed by atoms with van der Waals surface area (Å²) in [5, 5.41) is 0. The fourth-order valence-electron chi connectivity index (χ4n) is 4.36. The largest absolute Gasteiger partial charge is 0.383 e. The molecule has 2 aliphatic rings. The Morgan fingerprint density at radius 3 is 2.93 bits per heavy atom. The van der Waals surface area contributed by atoms with E-state index in [1.165, 1.54) is 0 Å². The minimum atomic E-state index is -0.459. The highest BCUT2D eigenvalue weighted by Gasteiger charge is 2.53. The van der Waals surface area contributed by atoms with Crippen molar-refractivity contribution in [1.82, 2.24) is 9.88 Å².